The zero-order chi connectivity index (χ0) is 19.5. The molecule has 0 aromatic carbocycles. The van der Waals surface area contributed by atoms with Gasteiger partial charge in [0.2, 0.25) is 5.91 Å². The van der Waals surface area contributed by atoms with Gasteiger partial charge in [-0.15, -0.1) is 11.3 Å². The number of likely N-dealkylation sites (tertiary alicyclic amines) is 1. The van der Waals surface area contributed by atoms with E-state index in [1.165, 1.54) is 28.3 Å². The highest BCUT2D eigenvalue weighted by atomic mass is 32.1. The summed E-state index contributed by atoms with van der Waals surface area (Å²) in [5.74, 6) is 0.195. The van der Waals surface area contributed by atoms with Crippen molar-refractivity contribution in [1.29, 1.82) is 0 Å². The van der Waals surface area contributed by atoms with Crippen LogP contribution in [0.25, 0.3) is 11.5 Å². The van der Waals surface area contributed by atoms with E-state index in [2.05, 4.69) is 10.4 Å². The first-order valence-electron chi connectivity index (χ1n) is 8.84. The van der Waals surface area contributed by atoms with Crippen molar-refractivity contribution in [3.8, 4) is 11.5 Å². The second-order valence-electron chi connectivity index (χ2n) is 6.43. The predicted molar refractivity (Wildman–Crippen MR) is 103 cm³/mol. The smallest absolute Gasteiger partial charge is 0.266 e. The van der Waals surface area contributed by atoms with Crippen LogP contribution >= 0.6 is 11.3 Å². The molecule has 3 aromatic rings. The number of hydrogen-bond donors (Lipinski definition) is 1. The van der Waals surface area contributed by atoms with Gasteiger partial charge in [-0.2, -0.15) is 5.10 Å². The van der Waals surface area contributed by atoms with E-state index in [9.17, 15) is 14.4 Å². The zero-order valence-corrected chi connectivity index (χ0v) is 15.7. The van der Waals surface area contributed by atoms with Crippen molar-refractivity contribution in [3.63, 3.8) is 0 Å². The molecule has 3 aromatic heterocycles. The third-order valence-corrected chi connectivity index (χ3v) is 5.39. The molecular formula is C19H18N4O4S. The molecular weight excluding hydrogens is 380 g/mol. The van der Waals surface area contributed by atoms with Gasteiger partial charge in [-0.1, -0.05) is 6.07 Å². The Balaban J connectivity index is 1.27. The third kappa shape index (κ3) is 3.74. The second-order valence-corrected chi connectivity index (χ2v) is 7.38. The lowest BCUT2D eigenvalue weighted by Gasteiger charge is -2.37. The maximum atomic E-state index is 12.2. The Labute approximate surface area is 164 Å². The van der Waals surface area contributed by atoms with E-state index in [0.29, 0.717) is 29.4 Å². The van der Waals surface area contributed by atoms with Crippen molar-refractivity contribution in [1.82, 2.24) is 20.0 Å². The third-order valence-electron chi connectivity index (χ3n) is 4.53. The lowest BCUT2D eigenvalue weighted by Crippen LogP contribution is -2.55. The molecule has 1 aliphatic heterocycles. The van der Waals surface area contributed by atoms with E-state index in [1.54, 1.807) is 29.2 Å². The van der Waals surface area contributed by atoms with Crippen LogP contribution in [0.1, 0.15) is 9.67 Å². The van der Waals surface area contributed by atoms with Gasteiger partial charge >= 0.3 is 0 Å². The summed E-state index contributed by atoms with van der Waals surface area (Å²) in [6.07, 6.45) is 1.54. The highest BCUT2D eigenvalue weighted by Crippen LogP contribution is 2.21. The van der Waals surface area contributed by atoms with Crippen molar-refractivity contribution in [2.24, 2.45) is 5.92 Å². The number of furan rings is 1. The van der Waals surface area contributed by atoms with Crippen molar-refractivity contribution in [2.45, 2.75) is 6.54 Å². The van der Waals surface area contributed by atoms with Crippen LogP contribution in [0.3, 0.4) is 0 Å². The van der Waals surface area contributed by atoms with Crippen molar-refractivity contribution < 1.29 is 14.0 Å². The Bertz CT molecular complexity index is 1020. The summed E-state index contributed by atoms with van der Waals surface area (Å²) in [7, 11) is 0. The summed E-state index contributed by atoms with van der Waals surface area (Å²) >= 11 is 1.39. The van der Waals surface area contributed by atoms with Crippen LogP contribution in [-0.2, 0) is 11.3 Å². The number of carbonyl (C=O) groups is 2. The Kier molecular flexibility index (Phi) is 5.07. The summed E-state index contributed by atoms with van der Waals surface area (Å²) in [6, 6.07) is 10.1. The lowest BCUT2D eigenvalue weighted by molar-refractivity contribution is -0.129. The monoisotopic (exact) mass is 398 g/mol. The summed E-state index contributed by atoms with van der Waals surface area (Å²) in [6.45, 7) is 1.36. The average molecular weight is 398 g/mol. The van der Waals surface area contributed by atoms with Crippen molar-refractivity contribution in [3.05, 3.63) is 63.3 Å². The fraction of sp³-hybridized carbons (Fsp3) is 0.263. The van der Waals surface area contributed by atoms with Gasteiger partial charge in [-0.25, -0.2) is 4.68 Å². The van der Waals surface area contributed by atoms with Crippen molar-refractivity contribution >= 4 is 23.2 Å². The molecule has 8 nitrogen and oxygen atoms in total. The molecule has 4 heterocycles. The van der Waals surface area contributed by atoms with Gasteiger partial charge in [-0.05, 0) is 29.6 Å². The standard InChI is InChI=1S/C19H18N4O4S/c24-17-6-5-14(15-3-1-9-27-15)21-23(17)8-7-20-18(25)13-11-22(12-13)19(26)16-4-2-10-28-16/h1-6,9-10,13H,7-8,11-12H2,(H,20,25). The molecule has 1 fully saturated rings. The zero-order valence-electron chi connectivity index (χ0n) is 14.9. The first-order chi connectivity index (χ1) is 13.6. The van der Waals surface area contributed by atoms with Crippen LogP contribution in [0.4, 0.5) is 0 Å². The summed E-state index contributed by atoms with van der Waals surface area (Å²) < 4.78 is 6.58. The number of carbonyl (C=O) groups excluding carboxylic acids is 2. The van der Waals surface area contributed by atoms with Gasteiger partial charge in [0, 0.05) is 25.7 Å². The fourth-order valence-corrected chi connectivity index (χ4v) is 3.65. The highest BCUT2D eigenvalue weighted by molar-refractivity contribution is 7.12. The molecule has 0 radical (unpaired) electrons. The molecule has 1 N–H and O–H groups in total. The number of hydrogen-bond acceptors (Lipinski definition) is 6. The van der Waals surface area contributed by atoms with Gasteiger partial charge in [0.25, 0.3) is 11.5 Å². The molecule has 1 saturated heterocycles. The van der Waals surface area contributed by atoms with E-state index in [0.717, 1.165) is 0 Å². The topological polar surface area (TPSA) is 97.4 Å². The minimum Gasteiger partial charge on any atom is -0.463 e. The minimum absolute atomic E-state index is 0.0375. The van der Waals surface area contributed by atoms with Gasteiger partial charge in [0.15, 0.2) is 5.76 Å². The largest absolute Gasteiger partial charge is 0.463 e. The van der Waals surface area contributed by atoms with Crippen molar-refractivity contribution in [2.75, 3.05) is 19.6 Å². The van der Waals surface area contributed by atoms with Gasteiger partial charge < -0.3 is 14.6 Å². The Morgan fingerprint density at radius 1 is 1.21 bits per heavy atom. The summed E-state index contributed by atoms with van der Waals surface area (Å²) in [5.41, 5.74) is 0.304. The maximum absolute atomic E-state index is 12.2. The summed E-state index contributed by atoms with van der Waals surface area (Å²) in [5, 5.41) is 8.93. The molecule has 0 atom stereocenters. The Hall–Kier alpha value is -3.20. The first-order valence-corrected chi connectivity index (χ1v) is 9.72. The SMILES string of the molecule is O=C(NCCn1nc(-c2ccco2)ccc1=O)C1CN(C(=O)c2cccs2)C1. The van der Waals surface area contributed by atoms with Crippen LogP contribution in [0.5, 0.6) is 0 Å². The number of aromatic nitrogens is 2. The fourth-order valence-electron chi connectivity index (χ4n) is 2.96. The molecule has 144 valence electrons. The summed E-state index contributed by atoms with van der Waals surface area (Å²) in [4.78, 5) is 38.7. The molecule has 0 bridgehead atoms. The number of thiophene rings is 1. The Morgan fingerprint density at radius 2 is 2.07 bits per heavy atom. The van der Waals surface area contributed by atoms with Gasteiger partial charge in [0.1, 0.15) is 5.69 Å². The lowest BCUT2D eigenvalue weighted by atomic mass is 9.99. The van der Waals surface area contributed by atoms with Crippen LogP contribution in [-0.4, -0.2) is 46.1 Å². The van der Waals surface area contributed by atoms with Crippen LogP contribution in [0.2, 0.25) is 0 Å². The molecule has 0 aliphatic carbocycles. The predicted octanol–water partition coefficient (Wildman–Crippen LogP) is 1.45. The van der Waals surface area contributed by atoms with E-state index in [4.69, 9.17) is 4.42 Å². The average Bonchev–Trinajstić information content (AvgIpc) is 3.36. The molecule has 9 heteroatoms. The van der Waals surface area contributed by atoms with Crippen LogP contribution < -0.4 is 10.9 Å². The van der Waals surface area contributed by atoms with E-state index < -0.39 is 0 Å². The van der Waals surface area contributed by atoms with Crippen LogP contribution in [0.15, 0.2) is 57.3 Å². The first kappa shape index (κ1) is 18.2. The number of nitrogens with one attached hydrogen (secondary N) is 1. The second kappa shape index (κ2) is 7.81. The molecule has 4 rings (SSSR count). The number of nitrogens with zero attached hydrogens (tertiary/aromatic N) is 3. The Morgan fingerprint density at radius 3 is 2.79 bits per heavy atom. The van der Waals surface area contributed by atoms with E-state index in [-0.39, 0.29) is 36.4 Å². The molecule has 0 spiro atoms. The van der Waals surface area contributed by atoms with Gasteiger partial charge in [-0.3, -0.25) is 14.4 Å². The number of rotatable bonds is 6. The highest BCUT2D eigenvalue weighted by Gasteiger charge is 2.36. The molecule has 2 amide bonds. The van der Waals surface area contributed by atoms with E-state index in [1.807, 2.05) is 11.4 Å². The van der Waals surface area contributed by atoms with Gasteiger partial charge in [0.05, 0.1) is 23.6 Å². The maximum Gasteiger partial charge on any atom is 0.266 e. The normalized spacial score (nSPS) is 13.9. The molecule has 1 aliphatic rings. The molecule has 28 heavy (non-hydrogen) atoms. The molecule has 0 unspecified atom stereocenters. The van der Waals surface area contributed by atoms with E-state index >= 15 is 0 Å². The quantitative estimate of drug-likeness (QED) is 0.678. The molecule has 0 saturated carbocycles. The number of amides is 2. The minimum atomic E-state index is -0.249. The van der Waals surface area contributed by atoms with Crippen LogP contribution in [0, 0.1) is 5.92 Å².